The van der Waals surface area contributed by atoms with E-state index >= 15 is 0 Å². The molecule has 0 aliphatic carbocycles. The van der Waals surface area contributed by atoms with Gasteiger partial charge in [0.25, 0.3) is 5.91 Å². The number of halogens is 5. The van der Waals surface area contributed by atoms with Crippen LogP contribution >= 0.6 is 23.2 Å². The predicted octanol–water partition coefficient (Wildman–Crippen LogP) is 6.37. The van der Waals surface area contributed by atoms with Crippen LogP contribution in [0.4, 0.5) is 24.5 Å². The Kier molecular flexibility index (Phi) is 8.58. The van der Waals surface area contributed by atoms with Gasteiger partial charge in [0.05, 0.1) is 11.4 Å². The van der Waals surface area contributed by atoms with Crippen molar-refractivity contribution in [3.05, 3.63) is 88.2 Å². The fourth-order valence-electron chi connectivity index (χ4n) is 3.90. The number of pyridine rings is 1. The first-order valence-electron chi connectivity index (χ1n) is 11.4. The average Bonchev–Trinajstić information content (AvgIpc) is 2.86. The molecule has 1 amide bonds. The molecule has 1 aliphatic heterocycles. The summed E-state index contributed by atoms with van der Waals surface area (Å²) in [7, 11) is 0. The molecule has 0 unspecified atom stereocenters. The first kappa shape index (κ1) is 26.8. The zero-order valence-corrected chi connectivity index (χ0v) is 21.0. The Morgan fingerprint density at radius 1 is 1.03 bits per heavy atom. The number of alkyl halides is 3. The second-order valence-corrected chi connectivity index (χ2v) is 9.11. The summed E-state index contributed by atoms with van der Waals surface area (Å²) in [5.74, 6) is -0.545. The zero-order chi connectivity index (χ0) is 26.4. The monoisotopic (exact) mass is 550 g/mol. The number of aromatic nitrogens is 1. The van der Waals surface area contributed by atoms with E-state index < -0.39 is 6.36 Å². The maximum Gasteiger partial charge on any atom is 0.573 e. The fraction of sp³-hybridized carbons (Fsp3) is 0.231. The minimum atomic E-state index is -4.70. The zero-order valence-electron chi connectivity index (χ0n) is 19.5. The summed E-state index contributed by atoms with van der Waals surface area (Å²) in [5, 5.41) is 3.74. The van der Waals surface area contributed by atoms with Crippen molar-refractivity contribution in [1.82, 2.24) is 9.88 Å². The number of ether oxygens (including phenoxy) is 1. The van der Waals surface area contributed by atoms with E-state index in [2.05, 4.69) is 24.8 Å². The summed E-state index contributed by atoms with van der Waals surface area (Å²) >= 11 is 12.2. The van der Waals surface area contributed by atoms with Gasteiger partial charge in [-0.15, -0.1) is 13.2 Å². The van der Waals surface area contributed by atoms with Gasteiger partial charge in [-0.05, 0) is 48.0 Å². The van der Waals surface area contributed by atoms with Crippen molar-refractivity contribution in [2.75, 3.05) is 42.9 Å². The molecule has 6 nitrogen and oxygen atoms in total. The summed E-state index contributed by atoms with van der Waals surface area (Å²) in [6.07, 6.45) is 0.607. The maximum atomic E-state index is 12.7. The number of piperazine rings is 1. The lowest BCUT2D eigenvalue weighted by Crippen LogP contribution is -2.46. The number of amides is 1. The van der Waals surface area contributed by atoms with E-state index in [-0.39, 0.29) is 16.8 Å². The van der Waals surface area contributed by atoms with Crippen LogP contribution in [0.15, 0.2) is 66.9 Å². The molecule has 1 saturated heterocycles. The number of hydrogen-bond donors (Lipinski definition) is 1. The Morgan fingerprint density at radius 3 is 2.43 bits per heavy atom. The van der Waals surface area contributed by atoms with Gasteiger partial charge in [-0.2, -0.15) is 0 Å². The highest BCUT2D eigenvalue weighted by molar-refractivity contribution is 6.31. The van der Waals surface area contributed by atoms with Crippen LogP contribution in [0.1, 0.15) is 15.9 Å². The van der Waals surface area contributed by atoms with Crippen LogP contribution in [0.5, 0.6) is 5.75 Å². The van der Waals surface area contributed by atoms with Gasteiger partial charge in [0.2, 0.25) is 0 Å². The van der Waals surface area contributed by atoms with E-state index in [1.165, 1.54) is 24.4 Å². The van der Waals surface area contributed by atoms with Crippen LogP contribution in [0.3, 0.4) is 0 Å². The molecule has 0 radical (unpaired) electrons. The lowest BCUT2D eigenvalue weighted by atomic mass is 10.2. The Morgan fingerprint density at radius 2 is 1.76 bits per heavy atom. The average molecular weight is 551 g/mol. The first-order valence-corrected chi connectivity index (χ1v) is 12.1. The fourth-order valence-corrected chi connectivity index (χ4v) is 4.24. The summed E-state index contributed by atoms with van der Waals surface area (Å²) < 4.78 is 40.8. The van der Waals surface area contributed by atoms with E-state index in [1.54, 1.807) is 30.3 Å². The molecule has 1 fully saturated rings. The molecule has 2 heterocycles. The van der Waals surface area contributed by atoms with Gasteiger partial charge in [-0.3, -0.25) is 9.69 Å². The standard InChI is InChI=1S/C26H23Cl2F3N4O2/c27-20-5-8-22(33-25(36)19-9-10-32-24(28)16-19)23(17-20)35-14-12-34(13-15-35)11-1-2-18-3-6-21(7-4-18)37-26(29,30)31/h1-10,16-17H,11-15H2,(H,33,36). The first-order chi connectivity index (χ1) is 17.7. The van der Waals surface area contributed by atoms with Crippen molar-refractivity contribution >= 4 is 46.6 Å². The molecule has 1 aliphatic rings. The van der Waals surface area contributed by atoms with Gasteiger partial charge in [-0.1, -0.05) is 47.5 Å². The highest BCUT2D eigenvalue weighted by Crippen LogP contribution is 2.31. The molecule has 11 heteroatoms. The number of nitrogens with one attached hydrogen (secondary N) is 1. The van der Waals surface area contributed by atoms with Crippen molar-refractivity contribution < 1.29 is 22.7 Å². The van der Waals surface area contributed by atoms with Gasteiger partial charge >= 0.3 is 6.36 Å². The number of carbonyl (C=O) groups excluding carboxylic acids is 1. The summed E-state index contributed by atoms with van der Waals surface area (Å²) in [5.41, 5.74) is 2.66. The van der Waals surface area contributed by atoms with Crippen molar-refractivity contribution in [2.45, 2.75) is 6.36 Å². The van der Waals surface area contributed by atoms with E-state index in [9.17, 15) is 18.0 Å². The lowest BCUT2D eigenvalue weighted by molar-refractivity contribution is -0.274. The third kappa shape index (κ3) is 7.85. The molecule has 0 bridgehead atoms. The second kappa shape index (κ2) is 11.9. The molecule has 4 rings (SSSR count). The van der Waals surface area contributed by atoms with E-state index in [4.69, 9.17) is 23.2 Å². The topological polar surface area (TPSA) is 57.7 Å². The number of nitrogens with zero attached hydrogens (tertiary/aromatic N) is 3. The van der Waals surface area contributed by atoms with E-state index in [0.29, 0.717) is 22.8 Å². The molecular weight excluding hydrogens is 528 g/mol. The number of rotatable bonds is 7. The molecular formula is C26H23Cl2F3N4O2. The summed E-state index contributed by atoms with van der Waals surface area (Å²) in [6.45, 7) is 3.70. The Hall–Kier alpha value is -3.27. The van der Waals surface area contributed by atoms with Crippen LogP contribution in [-0.2, 0) is 0 Å². The molecule has 2 aromatic carbocycles. The third-order valence-electron chi connectivity index (χ3n) is 5.70. The minimum Gasteiger partial charge on any atom is -0.406 e. The third-order valence-corrected chi connectivity index (χ3v) is 6.14. The Labute approximate surface area is 222 Å². The number of hydrogen-bond acceptors (Lipinski definition) is 5. The van der Waals surface area contributed by atoms with Crippen molar-refractivity contribution in [3.8, 4) is 5.75 Å². The molecule has 0 saturated carbocycles. The molecule has 0 spiro atoms. The normalized spacial score (nSPS) is 14.7. The number of benzene rings is 2. The van der Waals surface area contributed by atoms with E-state index in [1.807, 2.05) is 18.2 Å². The van der Waals surface area contributed by atoms with Crippen LogP contribution in [0.25, 0.3) is 6.08 Å². The summed E-state index contributed by atoms with van der Waals surface area (Å²) in [4.78, 5) is 21.1. The maximum absolute atomic E-state index is 12.7. The van der Waals surface area contributed by atoms with Gasteiger partial charge in [-0.25, -0.2) is 4.98 Å². The Balaban J connectivity index is 1.33. The van der Waals surface area contributed by atoms with Crippen LogP contribution in [-0.4, -0.2) is 54.9 Å². The van der Waals surface area contributed by atoms with E-state index in [0.717, 1.165) is 37.4 Å². The highest BCUT2D eigenvalue weighted by atomic mass is 35.5. The highest BCUT2D eigenvalue weighted by Gasteiger charge is 2.30. The van der Waals surface area contributed by atoms with Crippen LogP contribution in [0.2, 0.25) is 10.2 Å². The largest absolute Gasteiger partial charge is 0.573 e. The predicted molar refractivity (Wildman–Crippen MR) is 139 cm³/mol. The lowest BCUT2D eigenvalue weighted by Gasteiger charge is -2.36. The molecule has 0 atom stereocenters. The van der Waals surface area contributed by atoms with Gasteiger partial charge in [0, 0.05) is 49.5 Å². The molecule has 37 heavy (non-hydrogen) atoms. The van der Waals surface area contributed by atoms with Crippen molar-refractivity contribution in [3.63, 3.8) is 0 Å². The quantitative estimate of drug-likeness (QED) is 0.346. The Bertz CT molecular complexity index is 1260. The number of carbonyl (C=O) groups is 1. The van der Waals surface area contributed by atoms with Gasteiger partial charge in [0.15, 0.2) is 0 Å². The number of anilines is 2. The molecule has 194 valence electrons. The van der Waals surface area contributed by atoms with Crippen LogP contribution < -0.4 is 15.0 Å². The van der Waals surface area contributed by atoms with Crippen LogP contribution in [0, 0.1) is 0 Å². The van der Waals surface area contributed by atoms with Crippen molar-refractivity contribution in [1.29, 1.82) is 0 Å². The minimum absolute atomic E-state index is 0.238. The molecule has 1 aromatic heterocycles. The summed E-state index contributed by atoms with van der Waals surface area (Å²) in [6, 6.07) is 14.2. The van der Waals surface area contributed by atoms with Crippen molar-refractivity contribution in [2.24, 2.45) is 0 Å². The second-order valence-electron chi connectivity index (χ2n) is 8.29. The molecule has 1 N–H and O–H groups in total. The SMILES string of the molecule is O=C(Nc1ccc(Cl)cc1N1CCN(CC=Cc2ccc(OC(F)(F)F)cc2)CC1)c1ccnc(Cl)c1. The van der Waals surface area contributed by atoms with Gasteiger partial charge in [0.1, 0.15) is 10.9 Å². The smallest absolute Gasteiger partial charge is 0.406 e. The molecule has 3 aromatic rings. The van der Waals surface area contributed by atoms with Gasteiger partial charge < -0.3 is 15.0 Å².